The maximum atomic E-state index is 12.1. The zero-order chi connectivity index (χ0) is 17.7. The van der Waals surface area contributed by atoms with Crippen LogP contribution in [0.2, 0.25) is 0 Å². The Hall–Kier alpha value is -2.53. The zero-order valence-corrected chi connectivity index (χ0v) is 14.2. The number of aliphatic hydroxyl groups excluding tert-OH is 1. The summed E-state index contributed by atoms with van der Waals surface area (Å²) in [4.78, 5) is 12.1. The Morgan fingerprint density at radius 3 is 2.54 bits per heavy atom. The molecule has 0 spiro atoms. The van der Waals surface area contributed by atoms with Crippen molar-refractivity contribution in [3.8, 4) is 11.5 Å². The number of aromatic hydroxyl groups is 1. The van der Waals surface area contributed by atoms with Crippen molar-refractivity contribution in [2.24, 2.45) is 0 Å². The first-order valence-electron chi connectivity index (χ1n) is 7.76. The monoisotopic (exact) mass is 329 g/mol. The van der Waals surface area contributed by atoms with Crippen molar-refractivity contribution < 1.29 is 19.7 Å². The third kappa shape index (κ3) is 4.49. The molecular formula is C19H23NO4. The molecule has 0 aliphatic heterocycles. The van der Waals surface area contributed by atoms with E-state index in [9.17, 15) is 9.90 Å². The molecule has 0 saturated carbocycles. The fraction of sp³-hybridized carbons (Fsp3) is 0.316. The van der Waals surface area contributed by atoms with Crippen molar-refractivity contribution in [2.45, 2.75) is 32.8 Å². The van der Waals surface area contributed by atoms with Gasteiger partial charge in [0.05, 0.1) is 6.61 Å². The van der Waals surface area contributed by atoms with E-state index in [1.165, 1.54) is 12.1 Å². The van der Waals surface area contributed by atoms with Gasteiger partial charge in [-0.2, -0.15) is 0 Å². The number of anilines is 1. The average molecular weight is 329 g/mol. The smallest absolute Gasteiger partial charge is 0.262 e. The van der Waals surface area contributed by atoms with E-state index in [1.807, 2.05) is 24.3 Å². The standard InChI is InChI=1S/C19H23NO4/c1-19(2,3)15-6-4-5-7-17(15)24-12-18(23)20-14-8-9-16(22)13(10-14)11-21/h4-10,21-22H,11-12H2,1-3H3,(H,20,23). The van der Waals surface area contributed by atoms with E-state index in [0.29, 0.717) is 17.0 Å². The second-order valence-corrected chi connectivity index (χ2v) is 6.58. The second-order valence-electron chi connectivity index (χ2n) is 6.58. The number of phenols is 1. The lowest BCUT2D eigenvalue weighted by Crippen LogP contribution is -2.22. The molecule has 2 rings (SSSR count). The van der Waals surface area contributed by atoms with Gasteiger partial charge in [-0.05, 0) is 35.2 Å². The van der Waals surface area contributed by atoms with Gasteiger partial charge in [0.25, 0.3) is 5.91 Å². The molecule has 2 aromatic rings. The fourth-order valence-electron chi connectivity index (χ4n) is 2.34. The molecule has 0 saturated heterocycles. The lowest BCUT2D eigenvalue weighted by atomic mass is 9.86. The molecule has 5 heteroatoms. The van der Waals surface area contributed by atoms with Gasteiger partial charge in [-0.25, -0.2) is 0 Å². The van der Waals surface area contributed by atoms with Crippen LogP contribution in [0.3, 0.4) is 0 Å². The van der Waals surface area contributed by atoms with Gasteiger partial charge >= 0.3 is 0 Å². The van der Waals surface area contributed by atoms with Crippen molar-refractivity contribution >= 4 is 11.6 Å². The van der Waals surface area contributed by atoms with Gasteiger partial charge in [0, 0.05) is 11.3 Å². The van der Waals surface area contributed by atoms with Crippen molar-refractivity contribution in [2.75, 3.05) is 11.9 Å². The van der Waals surface area contributed by atoms with E-state index in [4.69, 9.17) is 9.84 Å². The van der Waals surface area contributed by atoms with Gasteiger partial charge in [-0.15, -0.1) is 0 Å². The lowest BCUT2D eigenvalue weighted by molar-refractivity contribution is -0.118. The van der Waals surface area contributed by atoms with E-state index >= 15 is 0 Å². The Bertz CT molecular complexity index is 720. The Morgan fingerprint density at radius 2 is 1.88 bits per heavy atom. The number of carbonyl (C=O) groups excluding carboxylic acids is 1. The van der Waals surface area contributed by atoms with Crippen LogP contribution in [0.5, 0.6) is 11.5 Å². The summed E-state index contributed by atoms with van der Waals surface area (Å²) in [6, 6.07) is 12.2. The van der Waals surface area contributed by atoms with Crippen LogP contribution in [0.25, 0.3) is 0 Å². The van der Waals surface area contributed by atoms with E-state index in [0.717, 1.165) is 5.56 Å². The van der Waals surface area contributed by atoms with Gasteiger partial charge in [0.1, 0.15) is 11.5 Å². The maximum absolute atomic E-state index is 12.1. The summed E-state index contributed by atoms with van der Waals surface area (Å²) in [5, 5.41) is 21.4. The SMILES string of the molecule is CC(C)(C)c1ccccc1OCC(=O)Nc1ccc(O)c(CO)c1. The van der Waals surface area contributed by atoms with Gasteiger partial charge in [-0.3, -0.25) is 4.79 Å². The quantitative estimate of drug-likeness (QED) is 0.736. The van der Waals surface area contributed by atoms with Crippen molar-refractivity contribution in [1.82, 2.24) is 0 Å². The molecule has 128 valence electrons. The number of aliphatic hydroxyl groups is 1. The Balaban J connectivity index is 2.02. The van der Waals surface area contributed by atoms with Gasteiger partial charge in [-0.1, -0.05) is 39.0 Å². The predicted molar refractivity (Wildman–Crippen MR) is 93.3 cm³/mol. The summed E-state index contributed by atoms with van der Waals surface area (Å²) in [5.74, 6) is 0.362. The maximum Gasteiger partial charge on any atom is 0.262 e. The summed E-state index contributed by atoms with van der Waals surface area (Å²) >= 11 is 0. The van der Waals surface area contributed by atoms with E-state index < -0.39 is 0 Å². The molecule has 0 heterocycles. The number of hydrogen-bond donors (Lipinski definition) is 3. The predicted octanol–water partition coefficient (Wildman–Crippen LogP) is 3.20. The number of rotatable bonds is 5. The van der Waals surface area contributed by atoms with Crippen LogP contribution < -0.4 is 10.1 Å². The first kappa shape index (κ1) is 17.8. The summed E-state index contributed by atoms with van der Waals surface area (Å²) < 4.78 is 5.67. The molecule has 24 heavy (non-hydrogen) atoms. The highest BCUT2D eigenvalue weighted by molar-refractivity contribution is 5.92. The summed E-state index contributed by atoms with van der Waals surface area (Å²) in [6.45, 7) is 5.83. The highest BCUT2D eigenvalue weighted by Gasteiger charge is 2.19. The van der Waals surface area contributed by atoms with Crippen LogP contribution in [-0.2, 0) is 16.8 Å². The third-order valence-corrected chi connectivity index (χ3v) is 3.59. The van der Waals surface area contributed by atoms with Gasteiger partial charge in [0.15, 0.2) is 6.61 Å². The molecule has 0 fully saturated rings. The summed E-state index contributed by atoms with van der Waals surface area (Å²) in [6.07, 6.45) is 0. The molecule has 0 aromatic heterocycles. The molecule has 0 atom stereocenters. The highest BCUT2D eigenvalue weighted by Crippen LogP contribution is 2.30. The molecule has 0 aliphatic carbocycles. The van der Waals surface area contributed by atoms with Crippen LogP contribution in [0.1, 0.15) is 31.9 Å². The first-order chi connectivity index (χ1) is 11.3. The Kier molecular flexibility index (Phi) is 5.46. The third-order valence-electron chi connectivity index (χ3n) is 3.59. The van der Waals surface area contributed by atoms with Crippen LogP contribution in [-0.4, -0.2) is 22.7 Å². The molecule has 0 bridgehead atoms. The van der Waals surface area contributed by atoms with E-state index in [2.05, 4.69) is 26.1 Å². The largest absolute Gasteiger partial charge is 0.508 e. The van der Waals surface area contributed by atoms with Crippen LogP contribution in [0.4, 0.5) is 5.69 Å². The molecule has 2 aromatic carbocycles. The molecule has 0 radical (unpaired) electrons. The average Bonchev–Trinajstić information content (AvgIpc) is 2.54. The first-order valence-corrected chi connectivity index (χ1v) is 7.76. The van der Waals surface area contributed by atoms with Crippen LogP contribution in [0.15, 0.2) is 42.5 Å². The van der Waals surface area contributed by atoms with E-state index in [1.54, 1.807) is 6.07 Å². The number of ether oxygens (including phenoxy) is 1. The number of para-hydroxylation sites is 1. The minimum absolute atomic E-state index is 0.00847. The Labute approximate surface area is 141 Å². The van der Waals surface area contributed by atoms with Crippen molar-refractivity contribution in [3.63, 3.8) is 0 Å². The summed E-state index contributed by atoms with van der Waals surface area (Å²) in [7, 11) is 0. The number of hydrogen-bond acceptors (Lipinski definition) is 4. The lowest BCUT2D eigenvalue weighted by Gasteiger charge is -2.22. The van der Waals surface area contributed by atoms with Crippen molar-refractivity contribution in [3.05, 3.63) is 53.6 Å². The van der Waals surface area contributed by atoms with E-state index in [-0.39, 0.29) is 30.3 Å². The topological polar surface area (TPSA) is 78.8 Å². The fourth-order valence-corrected chi connectivity index (χ4v) is 2.34. The number of nitrogens with one attached hydrogen (secondary N) is 1. The molecule has 1 amide bonds. The van der Waals surface area contributed by atoms with Crippen LogP contribution >= 0.6 is 0 Å². The number of benzene rings is 2. The molecule has 5 nitrogen and oxygen atoms in total. The molecule has 3 N–H and O–H groups in total. The highest BCUT2D eigenvalue weighted by atomic mass is 16.5. The minimum Gasteiger partial charge on any atom is -0.508 e. The molecule has 0 unspecified atom stereocenters. The van der Waals surface area contributed by atoms with Crippen molar-refractivity contribution in [1.29, 1.82) is 0 Å². The summed E-state index contributed by atoms with van der Waals surface area (Å²) in [5.41, 5.74) is 1.80. The second kappa shape index (κ2) is 7.36. The van der Waals surface area contributed by atoms with Gasteiger partial charge in [0.2, 0.25) is 0 Å². The number of carbonyl (C=O) groups is 1. The van der Waals surface area contributed by atoms with Gasteiger partial charge < -0.3 is 20.3 Å². The normalized spacial score (nSPS) is 11.2. The minimum atomic E-state index is -0.312. The van der Waals surface area contributed by atoms with Crippen LogP contribution in [0, 0.1) is 0 Å². The number of amides is 1. The Morgan fingerprint density at radius 1 is 1.17 bits per heavy atom. The zero-order valence-electron chi connectivity index (χ0n) is 14.2. The molecular weight excluding hydrogens is 306 g/mol. The molecule has 0 aliphatic rings.